The zero-order valence-electron chi connectivity index (χ0n) is 21.8. The number of benzene rings is 2. The van der Waals surface area contributed by atoms with E-state index in [1.54, 1.807) is 18.5 Å². The van der Waals surface area contributed by atoms with Gasteiger partial charge >= 0.3 is 0 Å². The van der Waals surface area contributed by atoms with Gasteiger partial charge in [-0.3, -0.25) is 4.79 Å². The number of fused-ring (bicyclic) bond motifs is 1. The number of aliphatic hydroxyl groups is 1. The van der Waals surface area contributed by atoms with Gasteiger partial charge in [0, 0.05) is 61.2 Å². The van der Waals surface area contributed by atoms with Crippen LogP contribution in [0.4, 0.5) is 5.95 Å². The van der Waals surface area contributed by atoms with Crippen molar-refractivity contribution in [3.05, 3.63) is 72.2 Å². The first-order chi connectivity index (χ1) is 18.5. The lowest BCUT2D eigenvalue weighted by Gasteiger charge is -2.27. The Morgan fingerprint density at radius 3 is 2.61 bits per heavy atom. The summed E-state index contributed by atoms with van der Waals surface area (Å²) in [6.07, 6.45) is 5.90. The average molecular weight is 515 g/mol. The van der Waals surface area contributed by atoms with E-state index >= 15 is 0 Å². The third kappa shape index (κ3) is 5.79. The number of carbonyl (C=O) groups is 1. The van der Waals surface area contributed by atoms with Crippen LogP contribution in [-0.2, 0) is 6.42 Å². The molecule has 0 radical (unpaired) electrons. The molecule has 2 aromatic heterocycles. The van der Waals surface area contributed by atoms with E-state index in [2.05, 4.69) is 30.5 Å². The standard InChI is InChI=1S/C29H34N6O3/c1-19(2)38-27-8-7-20(22-16-32-29(33-17-22)35-11-9-30-10-12-35)14-25(27)28(37)34-23(18-36)13-21-15-31-26-6-4-3-5-24(21)26/h3-8,14-17,19,23,30-31,36H,9-13,18H2,1-2H3,(H,34,37)/t23-/m1/s1. The van der Waals surface area contributed by atoms with Crippen LogP contribution in [0.15, 0.2) is 61.1 Å². The largest absolute Gasteiger partial charge is 0.490 e. The Morgan fingerprint density at radius 1 is 1.11 bits per heavy atom. The fourth-order valence-corrected chi connectivity index (χ4v) is 4.73. The molecule has 4 N–H and O–H groups in total. The van der Waals surface area contributed by atoms with E-state index in [1.165, 1.54) is 0 Å². The number of para-hydroxylation sites is 1. The minimum atomic E-state index is -0.459. The summed E-state index contributed by atoms with van der Waals surface area (Å²) in [4.78, 5) is 28.0. The van der Waals surface area contributed by atoms with Crippen LogP contribution in [0.25, 0.3) is 22.0 Å². The number of nitrogens with zero attached hydrogens (tertiary/aromatic N) is 3. The normalized spacial score (nSPS) is 14.6. The molecule has 0 saturated carbocycles. The second-order valence-electron chi connectivity index (χ2n) is 9.80. The van der Waals surface area contributed by atoms with Crippen LogP contribution in [0.3, 0.4) is 0 Å². The Balaban J connectivity index is 1.37. The van der Waals surface area contributed by atoms with Gasteiger partial charge in [-0.15, -0.1) is 0 Å². The Bertz CT molecular complexity index is 1380. The number of piperazine rings is 1. The summed E-state index contributed by atoms with van der Waals surface area (Å²) < 4.78 is 5.96. The lowest BCUT2D eigenvalue weighted by molar-refractivity contribution is 0.0910. The monoisotopic (exact) mass is 514 g/mol. The number of nitrogens with one attached hydrogen (secondary N) is 3. The number of aromatic amines is 1. The Labute approximate surface area is 222 Å². The third-order valence-corrected chi connectivity index (χ3v) is 6.66. The van der Waals surface area contributed by atoms with Crippen molar-refractivity contribution < 1.29 is 14.6 Å². The van der Waals surface area contributed by atoms with Gasteiger partial charge in [0.15, 0.2) is 0 Å². The summed E-state index contributed by atoms with van der Waals surface area (Å²) in [5, 5.41) is 17.5. The first-order valence-electron chi connectivity index (χ1n) is 13.1. The Kier molecular flexibility index (Phi) is 7.86. The molecule has 5 rings (SSSR count). The van der Waals surface area contributed by atoms with Crippen molar-refractivity contribution in [2.75, 3.05) is 37.7 Å². The van der Waals surface area contributed by atoms with Crippen LogP contribution in [0.2, 0.25) is 0 Å². The van der Waals surface area contributed by atoms with Gasteiger partial charge in [-0.1, -0.05) is 24.3 Å². The van der Waals surface area contributed by atoms with E-state index < -0.39 is 6.04 Å². The molecule has 9 heteroatoms. The third-order valence-electron chi connectivity index (χ3n) is 6.66. The number of ether oxygens (including phenoxy) is 1. The molecule has 9 nitrogen and oxygen atoms in total. The van der Waals surface area contributed by atoms with E-state index in [1.807, 2.05) is 56.4 Å². The van der Waals surface area contributed by atoms with Crippen molar-refractivity contribution in [1.29, 1.82) is 0 Å². The molecule has 1 aliphatic rings. The van der Waals surface area contributed by atoms with Gasteiger partial charge in [0.1, 0.15) is 5.75 Å². The predicted molar refractivity (Wildman–Crippen MR) is 149 cm³/mol. The Morgan fingerprint density at radius 2 is 1.87 bits per heavy atom. The Hall–Kier alpha value is -3.95. The first kappa shape index (κ1) is 25.7. The van der Waals surface area contributed by atoms with Crippen molar-refractivity contribution >= 4 is 22.8 Å². The molecule has 38 heavy (non-hydrogen) atoms. The number of rotatable bonds is 9. The quantitative estimate of drug-likeness (QED) is 0.271. The molecule has 0 aliphatic carbocycles. The summed E-state index contributed by atoms with van der Waals surface area (Å²) in [5.41, 5.74) is 4.09. The molecule has 1 saturated heterocycles. The highest BCUT2D eigenvalue weighted by Gasteiger charge is 2.21. The van der Waals surface area contributed by atoms with Crippen LogP contribution < -0.4 is 20.3 Å². The van der Waals surface area contributed by atoms with Crippen LogP contribution in [0.5, 0.6) is 5.75 Å². The molecular weight excluding hydrogens is 480 g/mol. The molecule has 1 aliphatic heterocycles. The van der Waals surface area contributed by atoms with Gasteiger partial charge in [0.25, 0.3) is 5.91 Å². The molecule has 1 fully saturated rings. The average Bonchev–Trinajstić information content (AvgIpc) is 3.36. The van der Waals surface area contributed by atoms with Gasteiger partial charge in [-0.25, -0.2) is 9.97 Å². The van der Waals surface area contributed by atoms with Gasteiger partial charge in [0.2, 0.25) is 5.95 Å². The van der Waals surface area contributed by atoms with Crippen LogP contribution in [0.1, 0.15) is 29.8 Å². The van der Waals surface area contributed by atoms with Crippen LogP contribution >= 0.6 is 0 Å². The van der Waals surface area contributed by atoms with Crippen molar-refractivity contribution in [2.24, 2.45) is 0 Å². The lowest BCUT2D eigenvalue weighted by Crippen LogP contribution is -2.44. The summed E-state index contributed by atoms with van der Waals surface area (Å²) >= 11 is 0. The summed E-state index contributed by atoms with van der Waals surface area (Å²) in [6, 6.07) is 13.1. The van der Waals surface area contributed by atoms with E-state index in [9.17, 15) is 9.90 Å². The maximum atomic E-state index is 13.5. The van der Waals surface area contributed by atoms with Crippen molar-refractivity contribution in [3.8, 4) is 16.9 Å². The fourth-order valence-electron chi connectivity index (χ4n) is 4.73. The summed E-state index contributed by atoms with van der Waals surface area (Å²) in [5.74, 6) is 0.888. The maximum Gasteiger partial charge on any atom is 0.255 e. The second-order valence-corrected chi connectivity index (χ2v) is 9.80. The minimum Gasteiger partial charge on any atom is -0.490 e. The number of carbonyl (C=O) groups excluding carboxylic acids is 1. The van der Waals surface area contributed by atoms with E-state index in [4.69, 9.17) is 4.74 Å². The van der Waals surface area contributed by atoms with Crippen LogP contribution in [0, 0.1) is 0 Å². The van der Waals surface area contributed by atoms with Gasteiger partial charge in [0.05, 0.1) is 24.3 Å². The molecule has 0 spiro atoms. The molecule has 3 heterocycles. The molecule has 1 atom stereocenters. The van der Waals surface area contributed by atoms with Crippen molar-refractivity contribution in [3.63, 3.8) is 0 Å². The highest BCUT2D eigenvalue weighted by Crippen LogP contribution is 2.28. The maximum absolute atomic E-state index is 13.5. The molecule has 1 amide bonds. The molecular formula is C29H34N6O3. The molecule has 0 bridgehead atoms. The number of hydrogen-bond donors (Lipinski definition) is 4. The second kappa shape index (κ2) is 11.6. The fraction of sp³-hybridized carbons (Fsp3) is 0.345. The number of hydrogen-bond acceptors (Lipinski definition) is 7. The molecule has 4 aromatic rings. The highest BCUT2D eigenvalue weighted by atomic mass is 16.5. The lowest BCUT2D eigenvalue weighted by atomic mass is 10.0. The van der Waals surface area contributed by atoms with Crippen molar-refractivity contribution in [1.82, 2.24) is 25.6 Å². The summed E-state index contributed by atoms with van der Waals surface area (Å²) in [6.45, 7) is 7.22. The molecule has 2 aromatic carbocycles. The zero-order chi connectivity index (χ0) is 26.5. The molecule has 198 valence electrons. The minimum absolute atomic E-state index is 0.103. The number of amides is 1. The first-order valence-corrected chi connectivity index (χ1v) is 13.1. The summed E-state index contributed by atoms with van der Waals surface area (Å²) in [7, 11) is 0. The number of aromatic nitrogens is 3. The molecule has 0 unspecified atom stereocenters. The van der Waals surface area contributed by atoms with E-state index in [0.717, 1.165) is 53.8 Å². The predicted octanol–water partition coefficient (Wildman–Crippen LogP) is 3.16. The van der Waals surface area contributed by atoms with Gasteiger partial charge in [-0.2, -0.15) is 0 Å². The van der Waals surface area contributed by atoms with Gasteiger partial charge < -0.3 is 30.4 Å². The highest BCUT2D eigenvalue weighted by molar-refractivity contribution is 5.98. The van der Waals surface area contributed by atoms with E-state index in [0.29, 0.717) is 23.7 Å². The topological polar surface area (TPSA) is 115 Å². The smallest absolute Gasteiger partial charge is 0.255 e. The van der Waals surface area contributed by atoms with Crippen molar-refractivity contribution in [2.45, 2.75) is 32.4 Å². The van der Waals surface area contributed by atoms with Crippen LogP contribution in [-0.4, -0.2) is 70.9 Å². The van der Waals surface area contributed by atoms with E-state index in [-0.39, 0.29) is 18.6 Å². The number of H-pyrrole nitrogens is 1. The van der Waals surface area contributed by atoms with Gasteiger partial charge in [-0.05, 0) is 49.6 Å². The zero-order valence-corrected chi connectivity index (χ0v) is 21.8. The number of anilines is 1. The SMILES string of the molecule is CC(C)Oc1ccc(-c2cnc(N3CCNCC3)nc2)cc1C(=O)N[C@@H](CO)Cc1c[nH]c2ccccc12. The number of aliphatic hydroxyl groups excluding tert-OH is 1.